The minimum Gasteiger partial charge on any atom is -0.326 e. The van der Waals surface area contributed by atoms with Gasteiger partial charge in [0.05, 0.1) is 5.75 Å². The monoisotopic (exact) mass is 344 g/mol. The van der Waals surface area contributed by atoms with Gasteiger partial charge in [0.2, 0.25) is 5.91 Å². The van der Waals surface area contributed by atoms with Gasteiger partial charge in [-0.2, -0.15) is 0 Å². The largest absolute Gasteiger partial charge is 0.326 e. The van der Waals surface area contributed by atoms with Gasteiger partial charge in [0.25, 0.3) is 0 Å². The number of carbonyl (C=O) groups is 2. The molecule has 3 rings (SSSR count). The van der Waals surface area contributed by atoms with Gasteiger partial charge in [-0.1, -0.05) is 18.7 Å². The molecule has 0 bridgehead atoms. The summed E-state index contributed by atoms with van der Waals surface area (Å²) in [6.07, 6.45) is 5.36. The van der Waals surface area contributed by atoms with Crippen LogP contribution in [0.3, 0.4) is 0 Å². The molecule has 0 unspecified atom stereocenters. The van der Waals surface area contributed by atoms with Crippen LogP contribution in [0.25, 0.3) is 0 Å². The maximum absolute atomic E-state index is 12.3. The second-order valence-corrected chi connectivity index (χ2v) is 6.78. The molecule has 1 saturated carbocycles. The molecule has 2 aromatic rings. The van der Waals surface area contributed by atoms with Crippen LogP contribution in [-0.2, 0) is 4.79 Å². The highest BCUT2D eigenvalue weighted by atomic mass is 32.2. The van der Waals surface area contributed by atoms with Crippen molar-refractivity contribution in [2.45, 2.75) is 43.8 Å². The van der Waals surface area contributed by atoms with Crippen LogP contribution >= 0.6 is 11.8 Å². The summed E-state index contributed by atoms with van der Waals surface area (Å²) in [5.41, 5.74) is 1.35. The Balaban J connectivity index is 1.55. The number of nitrogens with zero attached hydrogens (tertiary/aromatic N) is 3. The van der Waals surface area contributed by atoms with E-state index in [2.05, 4.69) is 15.5 Å². The van der Waals surface area contributed by atoms with Crippen LogP contribution < -0.4 is 5.32 Å². The van der Waals surface area contributed by atoms with E-state index in [0.29, 0.717) is 29.5 Å². The summed E-state index contributed by atoms with van der Waals surface area (Å²) in [6.45, 7) is 1.96. The Morgan fingerprint density at radius 3 is 2.71 bits per heavy atom. The summed E-state index contributed by atoms with van der Waals surface area (Å²) >= 11 is 1.42. The normalized spacial score (nSPS) is 13.7. The number of rotatable bonds is 8. The molecule has 1 amide bonds. The van der Waals surface area contributed by atoms with Crippen molar-refractivity contribution < 1.29 is 9.59 Å². The molecule has 1 heterocycles. The molecule has 24 heavy (non-hydrogen) atoms. The topological polar surface area (TPSA) is 76.9 Å². The molecule has 1 fully saturated rings. The van der Waals surface area contributed by atoms with E-state index in [1.165, 1.54) is 11.8 Å². The lowest BCUT2D eigenvalue weighted by Gasteiger charge is -2.06. The number of amides is 1. The third kappa shape index (κ3) is 4.23. The second-order valence-electron chi connectivity index (χ2n) is 5.84. The lowest BCUT2D eigenvalue weighted by atomic mass is 10.1. The second kappa shape index (κ2) is 7.61. The number of nitrogens with one attached hydrogen (secondary N) is 1. The first kappa shape index (κ1) is 16.7. The van der Waals surface area contributed by atoms with Gasteiger partial charge in [-0.05, 0) is 43.5 Å². The van der Waals surface area contributed by atoms with Gasteiger partial charge in [0.15, 0.2) is 10.9 Å². The molecule has 1 aromatic heterocycles. The molecular weight excluding hydrogens is 324 g/mol. The molecule has 0 spiro atoms. The van der Waals surface area contributed by atoms with E-state index in [9.17, 15) is 9.59 Å². The fourth-order valence-corrected chi connectivity index (χ4v) is 3.22. The van der Waals surface area contributed by atoms with Gasteiger partial charge >= 0.3 is 0 Å². The van der Waals surface area contributed by atoms with Crippen molar-refractivity contribution in [3.8, 4) is 0 Å². The van der Waals surface area contributed by atoms with E-state index in [1.807, 2.05) is 11.5 Å². The Kier molecular flexibility index (Phi) is 5.30. The zero-order valence-electron chi connectivity index (χ0n) is 13.6. The van der Waals surface area contributed by atoms with Crippen molar-refractivity contribution in [2.24, 2.45) is 0 Å². The third-order valence-electron chi connectivity index (χ3n) is 3.78. The van der Waals surface area contributed by atoms with Crippen LogP contribution in [0.1, 0.15) is 49.0 Å². The predicted octanol–water partition coefficient (Wildman–Crippen LogP) is 3.33. The molecule has 6 nitrogen and oxygen atoms in total. The first-order valence-electron chi connectivity index (χ1n) is 8.12. The van der Waals surface area contributed by atoms with Crippen LogP contribution in [-0.4, -0.2) is 32.2 Å². The Morgan fingerprint density at radius 2 is 2.04 bits per heavy atom. The maximum atomic E-state index is 12.3. The zero-order chi connectivity index (χ0) is 16.9. The average molecular weight is 344 g/mol. The fraction of sp³-hybridized carbons (Fsp3) is 0.412. The van der Waals surface area contributed by atoms with Gasteiger partial charge in [0.1, 0.15) is 6.33 Å². The molecule has 0 saturated heterocycles. The molecule has 0 aliphatic heterocycles. The van der Waals surface area contributed by atoms with Gasteiger partial charge in [-0.25, -0.2) is 0 Å². The summed E-state index contributed by atoms with van der Waals surface area (Å²) in [7, 11) is 0. The molecule has 1 aliphatic rings. The predicted molar refractivity (Wildman–Crippen MR) is 93.3 cm³/mol. The zero-order valence-corrected chi connectivity index (χ0v) is 14.4. The maximum Gasteiger partial charge on any atom is 0.224 e. The lowest BCUT2D eigenvalue weighted by Crippen LogP contribution is -2.11. The highest BCUT2D eigenvalue weighted by Crippen LogP contribution is 2.37. The van der Waals surface area contributed by atoms with E-state index >= 15 is 0 Å². The van der Waals surface area contributed by atoms with E-state index in [4.69, 9.17) is 0 Å². The minimum atomic E-state index is -0.00783. The Labute approximate surface area is 145 Å². The van der Waals surface area contributed by atoms with Gasteiger partial charge in [-0.15, -0.1) is 10.2 Å². The van der Waals surface area contributed by atoms with Crippen molar-refractivity contribution in [3.63, 3.8) is 0 Å². The van der Waals surface area contributed by atoms with Gasteiger partial charge < -0.3 is 9.88 Å². The van der Waals surface area contributed by atoms with Crippen molar-refractivity contribution in [3.05, 3.63) is 36.2 Å². The lowest BCUT2D eigenvalue weighted by molar-refractivity contribution is -0.116. The smallest absolute Gasteiger partial charge is 0.224 e. The Bertz CT molecular complexity index is 722. The molecule has 1 aromatic carbocycles. The molecule has 7 heteroatoms. The summed E-state index contributed by atoms with van der Waals surface area (Å²) in [5.74, 6) is 0.357. The van der Waals surface area contributed by atoms with E-state index in [0.717, 1.165) is 24.4 Å². The van der Waals surface area contributed by atoms with Crippen LogP contribution in [0.2, 0.25) is 0 Å². The first-order valence-corrected chi connectivity index (χ1v) is 9.11. The molecule has 126 valence electrons. The average Bonchev–Trinajstić information content (AvgIpc) is 3.32. The van der Waals surface area contributed by atoms with Crippen LogP contribution in [0, 0.1) is 0 Å². The third-order valence-corrected chi connectivity index (χ3v) is 4.74. The minimum absolute atomic E-state index is 0.00783. The van der Waals surface area contributed by atoms with Crippen LogP contribution in [0.5, 0.6) is 0 Å². The van der Waals surface area contributed by atoms with Crippen LogP contribution in [0.15, 0.2) is 35.7 Å². The van der Waals surface area contributed by atoms with Crippen molar-refractivity contribution in [1.82, 2.24) is 14.8 Å². The first-order chi connectivity index (χ1) is 11.7. The SMILES string of the molecule is CCCC(=O)Nc1ccc(C(=O)CSc2nncn2C2CC2)cc1. The van der Waals surface area contributed by atoms with Crippen molar-refractivity contribution >= 4 is 29.1 Å². The number of hydrogen-bond acceptors (Lipinski definition) is 5. The van der Waals surface area contributed by atoms with Crippen molar-refractivity contribution in [1.29, 1.82) is 0 Å². The number of hydrogen-bond donors (Lipinski definition) is 1. The number of thioether (sulfide) groups is 1. The summed E-state index contributed by atoms with van der Waals surface area (Å²) in [6, 6.07) is 7.52. The van der Waals surface area contributed by atoms with Gasteiger partial charge in [-0.3, -0.25) is 9.59 Å². The fourth-order valence-electron chi connectivity index (χ4n) is 2.34. The molecular formula is C17H20N4O2S. The Morgan fingerprint density at radius 1 is 1.29 bits per heavy atom. The number of benzene rings is 1. The van der Waals surface area contributed by atoms with E-state index in [1.54, 1.807) is 30.6 Å². The van der Waals surface area contributed by atoms with Crippen molar-refractivity contribution in [2.75, 3.05) is 11.1 Å². The molecule has 0 radical (unpaired) electrons. The molecule has 1 N–H and O–H groups in total. The number of Topliss-reactive ketones (excluding diaryl/α,β-unsaturated/α-hetero) is 1. The summed E-state index contributed by atoms with van der Waals surface area (Å²) in [5, 5.41) is 11.6. The number of carbonyl (C=O) groups excluding carboxylic acids is 2. The number of aromatic nitrogens is 3. The molecule has 1 aliphatic carbocycles. The van der Waals surface area contributed by atoms with E-state index in [-0.39, 0.29) is 11.7 Å². The van der Waals surface area contributed by atoms with E-state index < -0.39 is 0 Å². The number of ketones is 1. The highest BCUT2D eigenvalue weighted by Gasteiger charge is 2.26. The van der Waals surface area contributed by atoms with Gasteiger partial charge in [0, 0.05) is 23.7 Å². The number of anilines is 1. The quantitative estimate of drug-likeness (QED) is 0.587. The molecule has 0 atom stereocenters. The summed E-state index contributed by atoms with van der Waals surface area (Å²) < 4.78 is 2.05. The van der Waals surface area contributed by atoms with Crippen LogP contribution in [0.4, 0.5) is 5.69 Å². The standard InChI is InChI=1S/C17H20N4O2S/c1-2-3-16(23)19-13-6-4-12(5-7-13)15(22)10-24-17-20-18-11-21(17)14-8-9-14/h4-7,11,14H,2-3,8-10H2,1H3,(H,19,23). The highest BCUT2D eigenvalue weighted by molar-refractivity contribution is 7.99. The summed E-state index contributed by atoms with van der Waals surface area (Å²) in [4.78, 5) is 23.9. The Hall–Kier alpha value is -2.15.